The lowest BCUT2D eigenvalue weighted by Crippen LogP contribution is -2.45. The molecule has 3 aromatic rings. The van der Waals surface area contributed by atoms with Crippen LogP contribution in [0.1, 0.15) is 12.8 Å². The van der Waals surface area contributed by atoms with Crippen LogP contribution in [0.3, 0.4) is 0 Å². The minimum atomic E-state index is -0.315. The maximum atomic E-state index is 12.4. The molecule has 0 amide bonds. The van der Waals surface area contributed by atoms with Crippen molar-refractivity contribution in [3.63, 3.8) is 0 Å². The molecule has 0 aromatic carbocycles. The van der Waals surface area contributed by atoms with E-state index in [4.69, 9.17) is 0 Å². The van der Waals surface area contributed by atoms with E-state index in [9.17, 15) is 9.59 Å². The summed E-state index contributed by atoms with van der Waals surface area (Å²) in [6, 6.07) is 0.246. The SMILES string of the molecule is Cn1cc(N2CCC(Nc3ncnc4c3cnn4C)CC2)c(=O)n(C)c1=O. The topological polar surface area (TPSA) is 103 Å². The lowest BCUT2D eigenvalue weighted by atomic mass is 10.0. The molecule has 0 spiro atoms. The van der Waals surface area contributed by atoms with Gasteiger partial charge in [-0.1, -0.05) is 0 Å². The molecule has 1 N–H and O–H groups in total. The van der Waals surface area contributed by atoms with Crippen LogP contribution in [0.2, 0.25) is 0 Å². The Hall–Kier alpha value is -3.17. The van der Waals surface area contributed by atoms with Crippen molar-refractivity contribution in [2.24, 2.45) is 21.1 Å². The quantitative estimate of drug-likeness (QED) is 0.683. The molecule has 1 aliphatic heterocycles. The van der Waals surface area contributed by atoms with Crippen LogP contribution in [0, 0.1) is 0 Å². The van der Waals surface area contributed by atoms with E-state index in [0.717, 1.165) is 47.3 Å². The van der Waals surface area contributed by atoms with Crippen LogP contribution in [-0.4, -0.2) is 48.0 Å². The van der Waals surface area contributed by atoms with Crippen LogP contribution >= 0.6 is 0 Å². The van der Waals surface area contributed by atoms with Crippen molar-refractivity contribution in [2.75, 3.05) is 23.3 Å². The molecule has 0 radical (unpaired) electrons. The number of nitrogens with zero attached hydrogens (tertiary/aromatic N) is 7. The van der Waals surface area contributed by atoms with E-state index in [-0.39, 0.29) is 17.3 Å². The zero-order valence-electron chi connectivity index (χ0n) is 15.6. The van der Waals surface area contributed by atoms with Gasteiger partial charge in [-0.2, -0.15) is 5.10 Å². The van der Waals surface area contributed by atoms with Crippen LogP contribution in [0.25, 0.3) is 11.0 Å². The summed E-state index contributed by atoms with van der Waals surface area (Å²) in [7, 11) is 5.02. The summed E-state index contributed by atoms with van der Waals surface area (Å²) in [6.45, 7) is 1.46. The fraction of sp³-hybridized carbons (Fsp3) is 0.471. The van der Waals surface area contributed by atoms with Gasteiger partial charge in [-0.25, -0.2) is 14.8 Å². The fourth-order valence-electron chi connectivity index (χ4n) is 3.54. The van der Waals surface area contributed by atoms with Gasteiger partial charge in [-0.05, 0) is 12.8 Å². The summed E-state index contributed by atoms with van der Waals surface area (Å²) in [4.78, 5) is 35.0. The molecule has 0 saturated carbocycles. The summed E-state index contributed by atoms with van der Waals surface area (Å²) < 4.78 is 4.32. The van der Waals surface area contributed by atoms with E-state index in [0.29, 0.717) is 5.69 Å². The highest BCUT2D eigenvalue weighted by Crippen LogP contribution is 2.22. The molecule has 142 valence electrons. The third kappa shape index (κ3) is 2.96. The molecule has 27 heavy (non-hydrogen) atoms. The van der Waals surface area contributed by atoms with Crippen LogP contribution < -0.4 is 21.5 Å². The maximum absolute atomic E-state index is 12.4. The molecule has 1 fully saturated rings. The minimum absolute atomic E-state index is 0.246. The molecule has 0 bridgehead atoms. The number of piperidine rings is 1. The van der Waals surface area contributed by atoms with Gasteiger partial charge in [0.15, 0.2) is 5.65 Å². The van der Waals surface area contributed by atoms with E-state index < -0.39 is 0 Å². The Morgan fingerprint density at radius 1 is 1.11 bits per heavy atom. The second-order valence-corrected chi connectivity index (χ2v) is 6.91. The number of hydrogen-bond donors (Lipinski definition) is 1. The fourth-order valence-corrected chi connectivity index (χ4v) is 3.54. The zero-order chi connectivity index (χ0) is 19.1. The third-order valence-electron chi connectivity index (χ3n) is 5.13. The van der Waals surface area contributed by atoms with Gasteiger partial charge in [-0.3, -0.25) is 14.0 Å². The first-order valence-corrected chi connectivity index (χ1v) is 8.86. The standard InChI is InChI=1S/C17H22N8O2/c1-22-9-13(16(26)23(2)17(22)27)25-6-4-11(5-7-25)21-14-12-8-20-24(3)15(12)19-10-18-14/h8-11H,4-7H2,1-3H3,(H,18,19,21). The molecule has 4 heterocycles. The molecular formula is C17H22N8O2. The van der Waals surface area contributed by atoms with Gasteiger partial charge >= 0.3 is 5.69 Å². The predicted octanol–water partition coefficient (Wildman–Crippen LogP) is -0.158. The van der Waals surface area contributed by atoms with Crippen molar-refractivity contribution >= 4 is 22.5 Å². The van der Waals surface area contributed by atoms with Gasteiger partial charge in [0, 0.05) is 46.5 Å². The number of anilines is 2. The highest BCUT2D eigenvalue weighted by atomic mass is 16.2. The molecule has 0 atom stereocenters. The van der Waals surface area contributed by atoms with Gasteiger partial charge in [0.1, 0.15) is 17.8 Å². The van der Waals surface area contributed by atoms with Crippen molar-refractivity contribution in [3.8, 4) is 0 Å². The number of hydrogen-bond acceptors (Lipinski definition) is 7. The lowest BCUT2D eigenvalue weighted by molar-refractivity contribution is 0.520. The Balaban J connectivity index is 1.50. The molecule has 1 aliphatic rings. The summed E-state index contributed by atoms with van der Waals surface area (Å²) in [5.41, 5.74) is 0.787. The number of rotatable bonds is 3. The highest BCUT2D eigenvalue weighted by Gasteiger charge is 2.23. The van der Waals surface area contributed by atoms with Crippen molar-refractivity contribution in [2.45, 2.75) is 18.9 Å². The van der Waals surface area contributed by atoms with Crippen molar-refractivity contribution in [3.05, 3.63) is 39.6 Å². The average molecular weight is 370 g/mol. The third-order valence-corrected chi connectivity index (χ3v) is 5.13. The summed E-state index contributed by atoms with van der Waals surface area (Å²) in [5, 5.41) is 8.62. The van der Waals surface area contributed by atoms with Crippen molar-refractivity contribution in [1.82, 2.24) is 28.9 Å². The second-order valence-electron chi connectivity index (χ2n) is 6.91. The maximum Gasteiger partial charge on any atom is 0.330 e. The van der Waals surface area contributed by atoms with E-state index in [1.54, 1.807) is 24.1 Å². The highest BCUT2D eigenvalue weighted by molar-refractivity contribution is 5.86. The minimum Gasteiger partial charge on any atom is -0.366 e. The lowest BCUT2D eigenvalue weighted by Gasteiger charge is -2.33. The Morgan fingerprint density at radius 2 is 1.85 bits per heavy atom. The van der Waals surface area contributed by atoms with E-state index in [2.05, 4.69) is 20.4 Å². The van der Waals surface area contributed by atoms with Crippen LogP contribution in [0.4, 0.5) is 11.5 Å². The van der Waals surface area contributed by atoms with Crippen LogP contribution in [0.5, 0.6) is 0 Å². The van der Waals surface area contributed by atoms with Gasteiger partial charge in [-0.15, -0.1) is 0 Å². The zero-order valence-corrected chi connectivity index (χ0v) is 15.6. The van der Waals surface area contributed by atoms with Crippen LogP contribution in [0.15, 0.2) is 28.3 Å². The van der Waals surface area contributed by atoms with Gasteiger partial charge in [0.25, 0.3) is 5.56 Å². The van der Waals surface area contributed by atoms with Gasteiger partial charge in [0.2, 0.25) is 0 Å². The van der Waals surface area contributed by atoms with E-state index in [1.807, 2.05) is 11.9 Å². The molecule has 4 rings (SSSR count). The Labute approximate surface area is 155 Å². The van der Waals surface area contributed by atoms with Gasteiger partial charge < -0.3 is 14.8 Å². The number of aromatic nitrogens is 6. The Morgan fingerprint density at radius 3 is 2.59 bits per heavy atom. The number of fused-ring (bicyclic) bond motifs is 1. The molecule has 3 aromatic heterocycles. The Kier molecular flexibility index (Phi) is 4.17. The van der Waals surface area contributed by atoms with E-state index >= 15 is 0 Å². The second kappa shape index (κ2) is 6.53. The van der Waals surface area contributed by atoms with Crippen molar-refractivity contribution in [1.29, 1.82) is 0 Å². The molecule has 10 nitrogen and oxygen atoms in total. The van der Waals surface area contributed by atoms with Crippen LogP contribution in [-0.2, 0) is 21.1 Å². The van der Waals surface area contributed by atoms with Gasteiger partial charge in [0.05, 0.1) is 11.6 Å². The van der Waals surface area contributed by atoms with E-state index in [1.165, 1.54) is 17.9 Å². The summed E-state index contributed by atoms with van der Waals surface area (Å²) in [5.74, 6) is 0.782. The first-order valence-electron chi connectivity index (χ1n) is 8.86. The summed E-state index contributed by atoms with van der Waals surface area (Å²) in [6.07, 6.45) is 6.65. The smallest absolute Gasteiger partial charge is 0.330 e. The normalized spacial score (nSPS) is 15.4. The van der Waals surface area contributed by atoms with Crippen molar-refractivity contribution < 1.29 is 0 Å². The molecule has 10 heteroatoms. The first-order chi connectivity index (χ1) is 13.0. The molecule has 0 aliphatic carbocycles. The number of nitrogens with one attached hydrogen (secondary N) is 1. The largest absolute Gasteiger partial charge is 0.366 e. The molecule has 0 unspecified atom stereocenters. The predicted molar refractivity (Wildman–Crippen MR) is 102 cm³/mol. The number of aryl methyl sites for hydroxylation is 2. The molecule has 1 saturated heterocycles. The average Bonchev–Trinajstić information content (AvgIpc) is 3.06. The monoisotopic (exact) mass is 370 g/mol. The summed E-state index contributed by atoms with van der Waals surface area (Å²) >= 11 is 0. The first kappa shape index (κ1) is 17.3. The Bertz CT molecular complexity index is 1100. The molecular weight excluding hydrogens is 348 g/mol.